The fourth-order valence-electron chi connectivity index (χ4n) is 2.24. The number of nitrogens with zero attached hydrogens (tertiary/aromatic N) is 1. The summed E-state index contributed by atoms with van der Waals surface area (Å²) in [5, 5.41) is 13.2. The molecule has 0 bridgehead atoms. The van der Waals surface area contributed by atoms with Crippen LogP contribution in [0.15, 0.2) is 42.5 Å². The highest BCUT2D eigenvalue weighted by Crippen LogP contribution is 2.30. The second kappa shape index (κ2) is 9.97. The van der Waals surface area contributed by atoms with E-state index in [4.69, 9.17) is 9.47 Å². The van der Waals surface area contributed by atoms with Crippen LogP contribution in [0.4, 0.5) is 20.2 Å². The van der Waals surface area contributed by atoms with Crippen molar-refractivity contribution in [1.82, 2.24) is 0 Å². The van der Waals surface area contributed by atoms with Gasteiger partial charge in [-0.15, -0.1) is 0 Å². The minimum Gasteiger partial charge on any atom is -0.490 e. The number of hydrogen-bond acceptors (Lipinski definition) is 7. The number of rotatable bonds is 9. The molecule has 0 unspecified atom stereocenters. The van der Waals surface area contributed by atoms with Crippen LogP contribution in [-0.4, -0.2) is 36.6 Å². The Labute approximate surface area is 163 Å². The number of halogens is 2. The van der Waals surface area contributed by atoms with Crippen LogP contribution in [0.3, 0.4) is 0 Å². The van der Waals surface area contributed by atoms with Crippen LogP contribution in [0, 0.1) is 10.1 Å². The van der Waals surface area contributed by atoms with Crippen LogP contribution in [-0.2, 0) is 9.53 Å². The van der Waals surface area contributed by atoms with Crippen molar-refractivity contribution in [1.29, 1.82) is 0 Å². The van der Waals surface area contributed by atoms with Crippen molar-refractivity contribution < 1.29 is 37.5 Å². The number of esters is 1. The molecule has 2 rings (SSSR count). The number of nitro benzene ring substituents is 1. The molecule has 0 heterocycles. The summed E-state index contributed by atoms with van der Waals surface area (Å²) in [7, 11) is 0. The van der Waals surface area contributed by atoms with E-state index in [9.17, 15) is 28.5 Å². The lowest BCUT2D eigenvalue weighted by atomic mass is 10.2. The highest BCUT2D eigenvalue weighted by atomic mass is 19.3. The molecule has 0 saturated carbocycles. The van der Waals surface area contributed by atoms with Gasteiger partial charge in [0.2, 0.25) is 0 Å². The molecule has 2 aromatic carbocycles. The van der Waals surface area contributed by atoms with E-state index in [1.54, 1.807) is 6.92 Å². The Kier molecular flexibility index (Phi) is 7.40. The maximum Gasteiger partial charge on any atom is 0.387 e. The summed E-state index contributed by atoms with van der Waals surface area (Å²) in [6, 6.07) is 8.89. The Bertz CT molecular complexity index is 906. The third-order valence-corrected chi connectivity index (χ3v) is 3.40. The van der Waals surface area contributed by atoms with Crippen LogP contribution in [0.1, 0.15) is 17.3 Å². The van der Waals surface area contributed by atoms with E-state index in [0.29, 0.717) is 0 Å². The predicted molar refractivity (Wildman–Crippen MR) is 96.3 cm³/mol. The van der Waals surface area contributed by atoms with Crippen LogP contribution < -0.4 is 14.8 Å². The molecule has 0 aromatic heterocycles. The van der Waals surface area contributed by atoms with E-state index in [0.717, 1.165) is 12.1 Å². The van der Waals surface area contributed by atoms with Gasteiger partial charge < -0.3 is 19.5 Å². The fourth-order valence-corrected chi connectivity index (χ4v) is 2.24. The monoisotopic (exact) mass is 410 g/mol. The van der Waals surface area contributed by atoms with E-state index in [1.165, 1.54) is 30.3 Å². The van der Waals surface area contributed by atoms with Gasteiger partial charge in [-0.25, -0.2) is 4.79 Å². The van der Waals surface area contributed by atoms with Gasteiger partial charge in [-0.1, -0.05) is 12.1 Å². The number of hydrogen-bond donors (Lipinski definition) is 1. The largest absolute Gasteiger partial charge is 0.490 e. The van der Waals surface area contributed by atoms with E-state index in [2.05, 4.69) is 10.1 Å². The van der Waals surface area contributed by atoms with Crippen LogP contribution in [0.5, 0.6) is 11.5 Å². The molecular formula is C18H16F2N2O7. The van der Waals surface area contributed by atoms with E-state index in [-0.39, 0.29) is 35.0 Å². The number of alkyl halides is 2. The lowest BCUT2D eigenvalue weighted by molar-refractivity contribution is -0.383. The Hall–Kier alpha value is -3.76. The summed E-state index contributed by atoms with van der Waals surface area (Å²) in [5.74, 6) is -2.07. The summed E-state index contributed by atoms with van der Waals surface area (Å²) < 4.78 is 39.1. The van der Waals surface area contributed by atoms with Crippen LogP contribution in [0.25, 0.3) is 0 Å². The molecule has 0 aliphatic carbocycles. The lowest BCUT2D eigenvalue weighted by Crippen LogP contribution is -2.21. The minimum atomic E-state index is -3.07. The first kappa shape index (κ1) is 21.5. The summed E-state index contributed by atoms with van der Waals surface area (Å²) in [5.41, 5.74) is -0.428. The second-order valence-electron chi connectivity index (χ2n) is 5.37. The zero-order valence-electron chi connectivity index (χ0n) is 15.1. The van der Waals surface area contributed by atoms with Gasteiger partial charge in [0.15, 0.2) is 18.1 Å². The minimum absolute atomic E-state index is 0.0503. The van der Waals surface area contributed by atoms with Gasteiger partial charge in [0.25, 0.3) is 11.6 Å². The standard InChI is InChI=1S/C18H16F2N2O7/c1-2-27-15-9-11(7-8-14(15)29-18(19)20)17(24)28-10-16(23)21-12-5-3-4-6-13(12)22(25)26/h3-9,18H,2,10H2,1H3,(H,21,23). The first-order chi connectivity index (χ1) is 13.8. The van der Waals surface area contributed by atoms with Crippen molar-refractivity contribution in [2.24, 2.45) is 0 Å². The number of carbonyl (C=O) groups excluding carboxylic acids is 2. The Balaban J connectivity index is 2.02. The maximum absolute atomic E-state index is 12.4. The molecule has 0 radical (unpaired) electrons. The number of nitro groups is 1. The first-order valence-corrected chi connectivity index (χ1v) is 8.23. The van der Waals surface area contributed by atoms with Crippen molar-refractivity contribution in [3.05, 3.63) is 58.1 Å². The average molecular weight is 410 g/mol. The average Bonchev–Trinajstić information content (AvgIpc) is 2.67. The molecule has 0 spiro atoms. The molecule has 2 aromatic rings. The van der Waals surface area contributed by atoms with E-state index < -0.39 is 30.0 Å². The molecule has 0 aliphatic rings. The van der Waals surface area contributed by atoms with Gasteiger partial charge >= 0.3 is 12.6 Å². The number of amides is 1. The molecule has 9 nitrogen and oxygen atoms in total. The molecule has 154 valence electrons. The van der Waals surface area contributed by atoms with Gasteiger partial charge in [0.05, 0.1) is 17.1 Å². The zero-order valence-corrected chi connectivity index (χ0v) is 15.1. The van der Waals surface area contributed by atoms with Crippen molar-refractivity contribution in [2.45, 2.75) is 13.5 Å². The molecule has 0 aliphatic heterocycles. The number of nitrogens with one attached hydrogen (secondary N) is 1. The third-order valence-electron chi connectivity index (χ3n) is 3.40. The van der Waals surface area contributed by atoms with Crippen molar-refractivity contribution >= 4 is 23.3 Å². The Morgan fingerprint density at radius 3 is 2.55 bits per heavy atom. The SMILES string of the molecule is CCOc1cc(C(=O)OCC(=O)Nc2ccccc2[N+](=O)[O-])ccc1OC(F)F. The topological polar surface area (TPSA) is 117 Å². The zero-order chi connectivity index (χ0) is 21.4. The molecule has 0 fully saturated rings. The predicted octanol–water partition coefficient (Wildman–Crippen LogP) is 3.39. The van der Waals surface area contributed by atoms with Crippen LogP contribution >= 0.6 is 0 Å². The summed E-state index contributed by atoms with van der Waals surface area (Å²) in [6.07, 6.45) is 0. The number of benzene rings is 2. The van der Waals surface area contributed by atoms with E-state index in [1.807, 2.05) is 0 Å². The molecule has 1 amide bonds. The third kappa shape index (κ3) is 6.13. The molecule has 29 heavy (non-hydrogen) atoms. The molecule has 0 atom stereocenters. The second-order valence-corrected chi connectivity index (χ2v) is 5.37. The fraction of sp³-hybridized carbons (Fsp3) is 0.222. The quantitative estimate of drug-likeness (QED) is 0.382. The van der Waals surface area contributed by atoms with Crippen LogP contribution in [0.2, 0.25) is 0 Å². The summed E-state index contributed by atoms with van der Waals surface area (Å²) in [4.78, 5) is 34.3. The van der Waals surface area contributed by atoms with Gasteiger partial charge in [-0.2, -0.15) is 8.78 Å². The highest BCUT2D eigenvalue weighted by Gasteiger charge is 2.18. The molecule has 11 heteroatoms. The van der Waals surface area contributed by atoms with Crippen molar-refractivity contribution in [3.63, 3.8) is 0 Å². The van der Waals surface area contributed by atoms with Crippen molar-refractivity contribution in [3.8, 4) is 11.5 Å². The number of para-hydroxylation sites is 2. The van der Waals surface area contributed by atoms with Gasteiger partial charge in [0.1, 0.15) is 5.69 Å². The van der Waals surface area contributed by atoms with Crippen molar-refractivity contribution in [2.75, 3.05) is 18.5 Å². The molecule has 0 saturated heterocycles. The summed E-state index contributed by atoms with van der Waals surface area (Å²) in [6.45, 7) is -2.04. The van der Waals surface area contributed by atoms with E-state index >= 15 is 0 Å². The molecular weight excluding hydrogens is 394 g/mol. The normalized spacial score (nSPS) is 10.3. The Morgan fingerprint density at radius 1 is 1.17 bits per heavy atom. The highest BCUT2D eigenvalue weighted by molar-refractivity contribution is 5.97. The number of anilines is 1. The Morgan fingerprint density at radius 2 is 1.90 bits per heavy atom. The smallest absolute Gasteiger partial charge is 0.387 e. The molecule has 1 N–H and O–H groups in total. The lowest BCUT2D eigenvalue weighted by Gasteiger charge is -2.12. The van der Waals surface area contributed by atoms with Gasteiger partial charge in [-0.3, -0.25) is 14.9 Å². The maximum atomic E-state index is 12.4. The first-order valence-electron chi connectivity index (χ1n) is 8.23. The van der Waals surface area contributed by atoms with Gasteiger partial charge in [-0.05, 0) is 31.2 Å². The van der Waals surface area contributed by atoms with Gasteiger partial charge in [0, 0.05) is 6.07 Å². The number of ether oxygens (including phenoxy) is 3. The summed E-state index contributed by atoms with van der Waals surface area (Å²) >= 11 is 0. The number of carbonyl (C=O) groups is 2.